The molecule has 6 heteroatoms. The molecule has 2 aromatic carbocycles. The highest BCUT2D eigenvalue weighted by Crippen LogP contribution is 2.23. The molecular weight excluding hydrogens is 374 g/mol. The lowest BCUT2D eigenvalue weighted by molar-refractivity contribution is 0.0599. The summed E-state index contributed by atoms with van der Waals surface area (Å²) in [5, 5.41) is 1.99. The maximum atomic E-state index is 13.2. The zero-order valence-electron chi connectivity index (χ0n) is 15.8. The second-order valence-electron chi connectivity index (χ2n) is 6.12. The zero-order chi connectivity index (χ0) is 19.9. The lowest BCUT2D eigenvalue weighted by atomic mass is 10.1. The van der Waals surface area contributed by atoms with Crippen LogP contribution in [0.4, 0.5) is 0 Å². The minimum atomic E-state index is -0.427. The Morgan fingerprint density at radius 2 is 1.61 bits per heavy atom. The predicted molar refractivity (Wildman–Crippen MR) is 109 cm³/mol. The fourth-order valence-electron chi connectivity index (χ4n) is 2.88. The summed E-state index contributed by atoms with van der Waals surface area (Å²) in [5.74, 6) is 0.201. The Morgan fingerprint density at radius 3 is 2.25 bits per heavy atom. The number of amides is 1. The summed E-state index contributed by atoms with van der Waals surface area (Å²) in [6.07, 6.45) is 0. The van der Waals surface area contributed by atoms with Crippen LogP contribution in [0.1, 0.15) is 31.2 Å². The number of methoxy groups -OCH3 is 2. The number of rotatable bonds is 7. The molecule has 0 saturated heterocycles. The quantitative estimate of drug-likeness (QED) is 0.557. The minimum absolute atomic E-state index is 0.115. The fourth-order valence-corrected chi connectivity index (χ4v) is 3.60. The summed E-state index contributed by atoms with van der Waals surface area (Å²) in [7, 11) is 2.95. The van der Waals surface area contributed by atoms with Crippen LogP contribution in [0.25, 0.3) is 0 Å². The number of benzene rings is 2. The predicted octanol–water partition coefficient (Wildman–Crippen LogP) is 4.39. The summed E-state index contributed by atoms with van der Waals surface area (Å²) in [6, 6.07) is 18.1. The van der Waals surface area contributed by atoms with Gasteiger partial charge in [0.25, 0.3) is 5.91 Å². The number of nitrogens with zero attached hydrogens (tertiary/aromatic N) is 1. The molecule has 28 heavy (non-hydrogen) atoms. The Labute approximate surface area is 168 Å². The average molecular weight is 395 g/mol. The van der Waals surface area contributed by atoms with Crippen molar-refractivity contribution in [1.29, 1.82) is 0 Å². The van der Waals surface area contributed by atoms with E-state index in [1.807, 2.05) is 41.8 Å². The van der Waals surface area contributed by atoms with E-state index in [0.29, 0.717) is 24.2 Å². The van der Waals surface area contributed by atoms with Gasteiger partial charge < -0.3 is 14.4 Å². The van der Waals surface area contributed by atoms with E-state index in [2.05, 4.69) is 0 Å². The fraction of sp³-hybridized carbons (Fsp3) is 0.182. The molecule has 0 spiro atoms. The lowest BCUT2D eigenvalue weighted by Gasteiger charge is -2.23. The van der Waals surface area contributed by atoms with Gasteiger partial charge >= 0.3 is 5.97 Å². The number of hydrogen-bond donors (Lipinski definition) is 0. The Kier molecular flexibility index (Phi) is 6.45. The van der Waals surface area contributed by atoms with E-state index in [4.69, 9.17) is 9.47 Å². The van der Waals surface area contributed by atoms with Crippen LogP contribution in [0.5, 0.6) is 5.75 Å². The van der Waals surface area contributed by atoms with Crippen LogP contribution in [0, 0.1) is 0 Å². The van der Waals surface area contributed by atoms with Crippen molar-refractivity contribution >= 4 is 23.2 Å². The summed E-state index contributed by atoms with van der Waals surface area (Å²) in [6.45, 7) is 0.910. The van der Waals surface area contributed by atoms with E-state index < -0.39 is 5.97 Å². The van der Waals surface area contributed by atoms with E-state index in [-0.39, 0.29) is 5.91 Å². The van der Waals surface area contributed by atoms with Gasteiger partial charge in [-0.05, 0) is 41.8 Å². The van der Waals surface area contributed by atoms with Crippen LogP contribution in [0.2, 0.25) is 0 Å². The zero-order valence-corrected chi connectivity index (χ0v) is 16.6. The molecule has 3 aromatic rings. The summed E-state index contributed by atoms with van der Waals surface area (Å²) < 4.78 is 10.1. The molecule has 0 N–H and O–H groups in total. The Bertz CT molecular complexity index is 935. The molecule has 0 unspecified atom stereocenters. The van der Waals surface area contributed by atoms with E-state index in [1.165, 1.54) is 7.11 Å². The second-order valence-corrected chi connectivity index (χ2v) is 7.15. The van der Waals surface area contributed by atoms with Crippen LogP contribution in [0.3, 0.4) is 0 Å². The molecule has 0 bridgehead atoms. The molecule has 0 atom stereocenters. The second kappa shape index (κ2) is 9.19. The first-order chi connectivity index (χ1) is 13.6. The molecule has 144 valence electrons. The number of hydrogen-bond acceptors (Lipinski definition) is 5. The highest BCUT2D eigenvalue weighted by molar-refractivity contribution is 7.09. The van der Waals surface area contributed by atoms with Crippen molar-refractivity contribution in [2.24, 2.45) is 0 Å². The Morgan fingerprint density at radius 1 is 0.893 bits per heavy atom. The van der Waals surface area contributed by atoms with Crippen LogP contribution in [-0.2, 0) is 17.8 Å². The molecule has 0 saturated carbocycles. The number of carbonyl (C=O) groups excluding carboxylic acids is 2. The largest absolute Gasteiger partial charge is 0.496 e. The highest BCUT2D eigenvalue weighted by Gasteiger charge is 2.19. The third-order valence-electron chi connectivity index (χ3n) is 4.32. The van der Waals surface area contributed by atoms with Crippen LogP contribution in [-0.4, -0.2) is 31.0 Å². The van der Waals surface area contributed by atoms with Gasteiger partial charge in [-0.25, -0.2) is 4.79 Å². The molecule has 1 amide bonds. The van der Waals surface area contributed by atoms with E-state index in [0.717, 1.165) is 16.2 Å². The Hall–Kier alpha value is -3.12. The maximum absolute atomic E-state index is 13.2. The molecule has 0 aliphatic heterocycles. The van der Waals surface area contributed by atoms with Gasteiger partial charge in [0.15, 0.2) is 0 Å². The Balaban J connectivity index is 1.87. The first-order valence-corrected chi connectivity index (χ1v) is 9.62. The molecular formula is C22H21NO4S. The van der Waals surface area contributed by atoms with Gasteiger partial charge in [-0.3, -0.25) is 4.79 Å². The van der Waals surface area contributed by atoms with Gasteiger partial charge in [-0.15, -0.1) is 11.3 Å². The van der Waals surface area contributed by atoms with E-state index in [1.54, 1.807) is 47.6 Å². The molecule has 5 nitrogen and oxygen atoms in total. The van der Waals surface area contributed by atoms with Crippen molar-refractivity contribution in [2.75, 3.05) is 14.2 Å². The lowest BCUT2D eigenvalue weighted by Crippen LogP contribution is -2.30. The van der Waals surface area contributed by atoms with Crippen LogP contribution < -0.4 is 4.74 Å². The topological polar surface area (TPSA) is 55.8 Å². The van der Waals surface area contributed by atoms with Crippen molar-refractivity contribution in [3.63, 3.8) is 0 Å². The molecule has 1 aromatic heterocycles. The van der Waals surface area contributed by atoms with Crippen LogP contribution >= 0.6 is 11.3 Å². The van der Waals surface area contributed by atoms with Gasteiger partial charge in [-0.2, -0.15) is 0 Å². The van der Waals surface area contributed by atoms with Crippen molar-refractivity contribution in [3.8, 4) is 5.75 Å². The van der Waals surface area contributed by atoms with E-state index >= 15 is 0 Å². The van der Waals surface area contributed by atoms with Crippen molar-refractivity contribution in [1.82, 2.24) is 4.90 Å². The smallest absolute Gasteiger partial charge is 0.337 e. The number of esters is 1. The number of carbonyl (C=O) groups is 2. The average Bonchev–Trinajstić information content (AvgIpc) is 3.26. The van der Waals surface area contributed by atoms with Gasteiger partial charge in [-0.1, -0.05) is 24.3 Å². The summed E-state index contributed by atoms with van der Waals surface area (Å²) in [5.41, 5.74) is 1.86. The number of ether oxygens (including phenoxy) is 2. The molecule has 3 rings (SSSR count). The van der Waals surface area contributed by atoms with Gasteiger partial charge in [0.1, 0.15) is 5.75 Å². The standard InChI is InChI=1S/C22H21NO4S/c1-26-20-8-4-3-6-18(20)14-23(15-19-7-5-13-28-19)21(24)16-9-11-17(12-10-16)22(25)27-2/h3-13H,14-15H2,1-2H3. The molecule has 0 radical (unpaired) electrons. The maximum Gasteiger partial charge on any atom is 0.337 e. The minimum Gasteiger partial charge on any atom is -0.496 e. The van der Waals surface area contributed by atoms with Gasteiger partial charge in [0.05, 0.1) is 32.9 Å². The van der Waals surface area contributed by atoms with Gasteiger partial charge in [0, 0.05) is 16.0 Å². The van der Waals surface area contributed by atoms with Crippen molar-refractivity contribution < 1.29 is 19.1 Å². The molecule has 1 heterocycles. The molecule has 0 aliphatic carbocycles. The van der Waals surface area contributed by atoms with Gasteiger partial charge in [0.2, 0.25) is 0 Å². The summed E-state index contributed by atoms with van der Waals surface area (Å²) in [4.78, 5) is 27.7. The first kappa shape index (κ1) is 19.6. The highest BCUT2D eigenvalue weighted by atomic mass is 32.1. The number of para-hydroxylation sites is 1. The molecule has 0 fully saturated rings. The first-order valence-electron chi connectivity index (χ1n) is 8.74. The number of thiophene rings is 1. The third kappa shape index (κ3) is 4.58. The normalized spacial score (nSPS) is 10.4. The van der Waals surface area contributed by atoms with E-state index in [9.17, 15) is 9.59 Å². The van der Waals surface area contributed by atoms with Crippen molar-refractivity contribution in [3.05, 3.63) is 87.6 Å². The van der Waals surface area contributed by atoms with Crippen LogP contribution in [0.15, 0.2) is 66.0 Å². The molecule has 0 aliphatic rings. The third-order valence-corrected chi connectivity index (χ3v) is 5.18. The SMILES string of the molecule is COC(=O)c1ccc(C(=O)N(Cc2cccs2)Cc2ccccc2OC)cc1. The monoisotopic (exact) mass is 395 g/mol. The van der Waals surface area contributed by atoms with Crippen molar-refractivity contribution in [2.45, 2.75) is 13.1 Å². The summed E-state index contributed by atoms with van der Waals surface area (Å²) >= 11 is 1.61.